The molecule has 2 rings (SSSR count). The highest BCUT2D eigenvalue weighted by Gasteiger charge is 2.44. The summed E-state index contributed by atoms with van der Waals surface area (Å²) in [6.07, 6.45) is 1.44. The Labute approximate surface area is 125 Å². The van der Waals surface area contributed by atoms with Crippen LogP contribution in [0.5, 0.6) is 11.5 Å². The van der Waals surface area contributed by atoms with E-state index in [4.69, 9.17) is 14.0 Å². The molecule has 1 fully saturated rings. The summed E-state index contributed by atoms with van der Waals surface area (Å²) in [4.78, 5) is 11.3. The molecular formula is C15H21BO5. The van der Waals surface area contributed by atoms with Crippen molar-refractivity contribution < 1.29 is 23.9 Å². The zero-order valence-electron chi connectivity index (χ0n) is 13.1. The van der Waals surface area contributed by atoms with Gasteiger partial charge in [0, 0.05) is 12.0 Å². The summed E-state index contributed by atoms with van der Waals surface area (Å²) in [5.41, 5.74) is 0.108. The molecule has 0 saturated carbocycles. The Morgan fingerprint density at radius 1 is 1.24 bits per heavy atom. The fourth-order valence-electron chi connectivity index (χ4n) is 2.91. The summed E-state index contributed by atoms with van der Waals surface area (Å²) >= 11 is 0. The molecule has 6 heteroatoms. The molecule has 0 aliphatic carbocycles. The molecule has 1 aliphatic heterocycles. The number of rotatable bonds is 3. The van der Waals surface area contributed by atoms with Crippen LogP contribution in [-0.2, 0) is 9.31 Å². The molecule has 1 aliphatic rings. The molecule has 1 heterocycles. The SMILES string of the molecule is COc1cc(C=O)c(B2OC(C)(C)CC(C)(C)O2)cc1O. The summed E-state index contributed by atoms with van der Waals surface area (Å²) in [6.45, 7) is 7.92. The third-order valence-corrected chi connectivity index (χ3v) is 3.47. The van der Waals surface area contributed by atoms with Gasteiger partial charge in [-0.1, -0.05) is 0 Å². The Kier molecular flexibility index (Phi) is 4.04. The van der Waals surface area contributed by atoms with Crippen molar-refractivity contribution in [2.45, 2.75) is 45.3 Å². The lowest BCUT2D eigenvalue weighted by molar-refractivity contribution is -0.0716. The largest absolute Gasteiger partial charge is 0.504 e. The van der Waals surface area contributed by atoms with Crippen LogP contribution in [0.15, 0.2) is 12.1 Å². The first kappa shape index (κ1) is 15.9. The van der Waals surface area contributed by atoms with Crippen LogP contribution in [0.25, 0.3) is 0 Å². The number of hydrogen-bond donors (Lipinski definition) is 1. The highest BCUT2D eigenvalue weighted by Crippen LogP contribution is 2.34. The maximum atomic E-state index is 11.3. The standard InChI is InChI=1S/C15H21BO5/c1-14(2)9-15(3,4)21-16(20-14)11-7-12(18)13(19-5)6-10(11)8-17/h6-8,18H,9H2,1-5H3. The fourth-order valence-corrected chi connectivity index (χ4v) is 2.91. The molecule has 0 atom stereocenters. The molecule has 5 nitrogen and oxygen atoms in total. The molecule has 0 aromatic heterocycles. The van der Waals surface area contributed by atoms with Crippen LogP contribution in [-0.4, -0.2) is 36.8 Å². The van der Waals surface area contributed by atoms with Crippen molar-refractivity contribution in [2.75, 3.05) is 7.11 Å². The van der Waals surface area contributed by atoms with Gasteiger partial charge in [-0.05, 0) is 45.3 Å². The summed E-state index contributed by atoms with van der Waals surface area (Å²) in [7, 11) is 0.726. The minimum absolute atomic E-state index is 0.0496. The second kappa shape index (κ2) is 5.35. The maximum Gasteiger partial charge on any atom is 0.495 e. The molecule has 0 unspecified atom stereocenters. The maximum absolute atomic E-state index is 11.3. The third kappa shape index (κ3) is 3.39. The number of hydrogen-bond acceptors (Lipinski definition) is 5. The fraction of sp³-hybridized carbons (Fsp3) is 0.533. The van der Waals surface area contributed by atoms with Crippen LogP contribution < -0.4 is 10.2 Å². The molecule has 0 bridgehead atoms. The minimum atomic E-state index is -0.708. The van der Waals surface area contributed by atoms with Gasteiger partial charge >= 0.3 is 7.12 Å². The quantitative estimate of drug-likeness (QED) is 0.681. The summed E-state index contributed by atoms with van der Waals surface area (Å²) < 4.78 is 16.9. The van der Waals surface area contributed by atoms with E-state index < -0.39 is 7.12 Å². The predicted molar refractivity (Wildman–Crippen MR) is 80.4 cm³/mol. The predicted octanol–water partition coefficient (Wildman–Crippen LogP) is 1.90. The number of aromatic hydroxyl groups is 1. The monoisotopic (exact) mass is 292 g/mol. The van der Waals surface area contributed by atoms with Crippen LogP contribution in [0, 0.1) is 0 Å². The Hall–Kier alpha value is -1.53. The zero-order valence-corrected chi connectivity index (χ0v) is 13.1. The molecule has 1 saturated heterocycles. The Morgan fingerprint density at radius 3 is 2.29 bits per heavy atom. The van der Waals surface area contributed by atoms with Crippen molar-refractivity contribution in [3.8, 4) is 11.5 Å². The number of phenolic OH excluding ortho intramolecular Hbond substituents is 1. The molecule has 1 aromatic rings. The zero-order chi connectivity index (χ0) is 15.8. The highest BCUT2D eigenvalue weighted by molar-refractivity contribution is 6.63. The summed E-state index contributed by atoms with van der Waals surface area (Å²) in [5, 5.41) is 9.95. The van der Waals surface area contributed by atoms with Crippen LogP contribution in [0.1, 0.15) is 44.5 Å². The average Bonchev–Trinajstić information content (AvgIpc) is 2.34. The smallest absolute Gasteiger partial charge is 0.495 e. The molecule has 0 spiro atoms. The van der Waals surface area contributed by atoms with Gasteiger partial charge < -0.3 is 19.2 Å². The summed E-state index contributed by atoms with van der Waals surface area (Å²) in [5.74, 6) is 0.196. The molecule has 21 heavy (non-hydrogen) atoms. The van der Waals surface area contributed by atoms with E-state index in [9.17, 15) is 9.90 Å². The van der Waals surface area contributed by atoms with Gasteiger partial charge in [-0.15, -0.1) is 0 Å². The first-order valence-electron chi connectivity index (χ1n) is 6.89. The van der Waals surface area contributed by atoms with Gasteiger partial charge in [0.2, 0.25) is 0 Å². The second-order valence-corrected chi connectivity index (χ2v) is 6.53. The number of phenols is 1. The van der Waals surface area contributed by atoms with E-state index >= 15 is 0 Å². The summed E-state index contributed by atoms with van der Waals surface area (Å²) in [6, 6.07) is 2.95. The van der Waals surface area contributed by atoms with Crippen molar-refractivity contribution >= 4 is 18.9 Å². The van der Waals surface area contributed by atoms with Gasteiger partial charge in [-0.25, -0.2) is 0 Å². The minimum Gasteiger partial charge on any atom is -0.504 e. The molecule has 114 valence electrons. The van der Waals surface area contributed by atoms with Gasteiger partial charge in [0.1, 0.15) is 6.29 Å². The van der Waals surface area contributed by atoms with Crippen LogP contribution >= 0.6 is 0 Å². The molecule has 0 amide bonds. The lowest BCUT2D eigenvalue weighted by Crippen LogP contribution is -2.56. The van der Waals surface area contributed by atoms with Crippen molar-refractivity contribution in [3.63, 3.8) is 0 Å². The number of aldehydes is 1. The normalized spacial score (nSPS) is 20.1. The Balaban J connectivity index is 2.45. The molecular weight excluding hydrogens is 271 g/mol. The third-order valence-electron chi connectivity index (χ3n) is 3.47. The van der Waals surface area contributed by atoms with Gasteiger partial charge in [0.25, 0.3) is 0 Å². The number of methoxy groups -OCH3 is 1. The van der Waals surface area contributed by atoms with Gasteiger partial charge in [-0.2, -0.15) is 0 Å². The first-order chi connectivity index (χ1) is 9.67. The molecule has 0 radical (unpaired) electrons. The van der Waals surface area contributed by atoms with E-state index in [2.05, 4.69) is 0 Å². The van der Waals surface area contributed by atoms with E-state index in [0.717, 1.165) is 6.42 Å². The van der Waals surface area contributed by atoms with Crippen LogP contribution in [0.3, 0.4) is 0 Å². The van der Waals surface area contributed by atoms with Crippen molar-refractivity contribution in [3.05, 3.63) is 17.7 Å². The number of ether oxygens (including phenoxy) is 1. The van der Waals surface area contributed by atoms with Gasteiger partial charge in [-0.3, -0.25) is 4.79 Å². The van der Waals surface area contributed by atoms with Gasteiger partial charge in [0.05, 0.1) is 18.3 Å². The van der Waals surface area contributed by atoms with E-state index in [1.807, 2.05) is 27.7 Å². The molecule has 1 N–H and O–H groups in total. The van der Waals surface area contributed by atoms with Gasteiger partial charge in [0.15, 0.2) is 11.5 Å². The Bertz CT molecular complexity index is 537. The number of carbonyl (C=O) groups excluding carboxylic acids is 1. The van der Waals surface area contributed by atoms with E-state index in [-0.39, 0.29) is 22.7 Å². The number of carbonyl (C=O) groups is 1. The van der Waals surface area contributed by atoms with Crippen LogP contribution in [0.4, 0.5) is 0 Å². The van der Waals surface area contributed by atoms with Crippen molar-refractivity contribution in [1.82, 2.24) is 0 Å². The van der Waals surface area contributed by atoms with E-state index in [1.165, 1.54) is 19.2 Å². The van der Waals surface area contributed by atoms with Crippen LogP contribution in [0.2, 0.25) is 0 Å². The lowest BCUT2D eigenvalue weighted by Gasteiger charge is -2.44. The van der Waals surface area contributed by atoms with E-state index in [1.54, 1.807) is 0 Å². The Morgan fingerprint density at radius 2 is 1.81 bits per heavy atom. The lowest BCUT2D eigenvalue weighted by atomic mass is 9.70. The topological polar surface area (TPSA) is 65.0 Å². The molecule has 1 aromatic carbocycles. The number of benzene rings is 1. The van der Waals surface area contributed by atoms with Crippen molar-refractivity contribution in [2.24, 2.45) is 0 Å². The average molecular weight is 292 g/mol. The van der Waals surface area contributed by atoms with E-state index in [0.29, 0.717) is 17.3 Å². The first-order valence-corrected chi connectivity index (χ1v) is 6.89. The highest BCUT2D eigenvalue weighted by atomic mass is 16.6. The van der Waals surface area contributed by atoms with Crippen molar-refractivity contribution in [1.29, 1.82) is 0 Å². The second-order valence-electron chi connectivity index (χ2n) is 6.53.